The van der Waals surface area contributed by atoms with Crippen LogP contribution in [0.1, 0.15) is 105 Å². The molecule has 5 heterocycles. The van der Waals surface area contributed by atoms with Gasteiger partial charge in [0.2, 0.25) is 0 Å². The molecule has 0 fully saturated rings. The summed E-state index contributed by atoms with van der Waals surface area (Å²) in [5.74, 6) is 4.63. The normalized spacial score (nSPS) is 10.7. The molecule has 114 heavy (non-hydrogen) atoms. The average molecular weight is 1560 g/mol. The summed E-state index contributed by atoms with van der Waals surface area (Å²) in [4.78, 5) is 77.7. The Morgan fingerprint density at radius 1 is 0.491 bits per heavy atom. The first-order valence-corrected chi connectivity index (χ1v) is 37.2. The number of methoxy groups -OCH3 is 3. The number of aromatic amines is 2. The molecule has 0 aliphatic rings. The maximum atomic E-state index is 13.2. The Balaban J connectivity index is 0.000000265. The van der Waals surface area contributed by atoms with Crippen molar-refractivity contribution in [2.75, 3.05) is 51.3 Å². The molecule has 11 aromatic rings. The van der Waals surface area contributed by atoms with Crippen LogP contribution in [-0.2, 0) is 54.7 Å². The van der Waals surface area contributed by atoms with E-state index in [1.807, 2.05) is 151 Å². The standard InChI is InChI=1S/C31H34N4O4S.C29H31N7O3.C25H24N6O.H2N2.H2O.H2/c1-31(2,3)39-30(37)35(21-23-10-8-7-9-11-23)15-14-22-12-13-26(28(16-22)38-5)27(36)18-25(40-6)17-24-19-34-29(32-4)20-33-24;1-29(2,3)39-28(37)36(19-21-9-7-6-8-10-21)14-13-20-11-12-22(24(15-20)38-5)23-16-25(35-34-23)33-27-18-31-26(30-4)17-32-27;1-26-24-16-28-25(17-27-24)29-23-15-21(30-31-23)20-13-12-19(14-22(20)32-2)11-7-6-10-18-8-4-3-5-9-18;1-2;;/h7-13,16,18-20H,14-15,17,21H2,1-3,5-6H3;6-12,15-18H,13-14,19H2,1-3,5H3,(H2,32,33,34,35);3-5,8-9,12-17H,6-7,10-11H2,2H3,(H2,28,29,30,31);1-2H;1H2;1H/b25-18-;;;;;. The number of benzene rings is 6. The molecule has 0 aliphatic heterocycles. The SMILES string of the molecule is N=N.O.[C-]#[N+]c1cnc(C/C(=C/C(=O)c2ccc(CCN(Cc3ccccc3)C(=O)OC(C)(C)C)cc2OC)SC)cn1.[C-]#[N+]c1cnc(Nc2cc(-c3ccc(CCCCc4ccccc4)cc3OC)[nH]n2)cn1.[C-]#[N+]c1cnc(Nc2cc(-c3ccc(CCN(Cc4ccccc4)C(=O)OC(C)(C)C)cc3OC)[nH]n2)cn1.[HH]. The molecule has 2 amide bonds. The van der Waals surface area contributed by atoms with Crippen molar-refractivity contribution in [3.05, 3.63) is 285 Å². The van der Waals surface area contributed by atoms with Crippen molar-refractivity contribution in [1.29, 1.82) is 11.1 Å². The van der Waals surface area contributed by atoms with E-state index in [1.54, 1.807) is 42.4 Å². The molecule has 0 saturated heterocycles. The first kappa shape index (κ1) is 87.5. The van der Waals surface area contributed by atoms with Gasteiger partial charge in [-0.1, -0.05) is 129 Å². The first-order chi connectivity index (χ1) is 54.6. The Morgan fingerprint density at radius 2 is 0.886 bits per heavy atom. The largest absolute Gasteiger partial charge is 0.496 e. The Bertz CT molecular complexity index is 5050. The number of unbranched alkanes of at least 4 members (excludes halogenated alkanes) is 1. The highest BCUT2D eigenvalue weighted by Gasteiger charge is 2.25. The fourth-order valence-corrected chi connectivity index (χ4v) is 11.7. The van der Waals surface area contributed by atoms with Crippen LogP contribution in [0.5, 0.6) is 17.2 Å². The van der Waals surface area contributed by atoms with Crippen LogP contribution in [0.3, 0.4) is 0 Å². The molecule has 0 aliphatic carbocycles. The molecule has 0 radical (unpaired) electrons. The van der Waals surface area contributed by atoms with Crippen LogP contribution in [0.2, 0.25) is 0 Å². The lowest BCUT2D eigenvalue weighted by molar-refractivity contribution is 0.0225. The number of thioether (sulfide) groups is 1. The molecule has 5 aromatic heterocycles. The van der Waals surface area contributed by atoms with E-state index in [1.165, 1.54) is 61.0 Å². The number of ketones is 1. The van der Waals surface area contributed by atoms with Gasteiger partial charge >= 0.3 is 12.2 Å². The summed E-state index contributed by atoms with van der Waals surface area (Å²) in [5, 5.41) is 20.8. The van der Waals surface area contributed by atoms with Crippen LogP contribution in [0.15, 0.2) is 206 Å². The number of hydrogen-bond donors (Lipinski definition) is 6. The highest BCUT2D eigenvalue weighted by atomic mass is 32.2. The first-order valence-electron chi connectivity index (χ1n) is 36.0. The monoisotopic (exact) mass is 1560 g/mol. The number of nitrogens with one attached hydrogen (secondary N) is 6. The zero-order valence-corrected chi connectivity index (χ0v) is 66.1. The molecule has 6 aromatic carbocycles. The Kier molecular flexibility index (Phi) is 34.0. The van der Waals surface area contributed by atoms with Crippen molar-refractivity contribution < 1.29 is 45.0 Å². The molecule has 29 heteroatoms. The van der Waals surface area contributed by atoms with Crippen LogP contribution in [0.25, 0.3) is 37.0 Å². The second-order valence-corrected chi connectivity index (χ2v) is 28.2. The van der Waals surface area contributed by atoms with E-state index in [9.17, 15) is 14.4 Å². The fraction of sp³-hybridized carbons (Fsp3) is 0.271. The number of anilines is 4. The summed E-state index contributed by atoms with van der Waals surface area (Å²) in [6, 6.07) is 51.7. The number of carbonyl (C=O) groups excluding carboxylic acids is 3. The maximum Gasteiger partial charge on any atom is 0.410 e. The number of nitrogens with zero attached hydrogens (tertiary/aromatic N) is 13. The molecule has 590 valence electrons. The van der Waals surface area contributed by atoms with E-state index in [0.717, 1.165) is 81.1 Å². The molecule has 0 unspecified atom stereocenters. The van der Waals surface area contributed by atoms with Gasteiger partial charge in [-0.25, -0.2) is 30.6 Å². The van der Waals surface area contributed by atoms with Gasteiger partial charge in [0, 0.05) is 57.3 Å². The minimum atomic E-state index is -0.603. The van der Waals surface area contributed by atoms with Gasteiger partial charge in [-0.2, -0.15) is 10.2 Å². The number of ether oxygens (including phenoxy) is 5. The molecule has 0 bridgehead atoms. The highest BCUT2D eigenvalue weighted by molar-refractivity contribution is 8.02. The number of rotatable bonds is 29. The molecule has 11 rings (SSSR count). The van der Waals surface area contributed by atoms with Gasteiger partial charge < -0.3 is 64.1 Å². The lowest BCUT2D eigenvalue weighted by Crippen LogP contribution is -2.37. The van der Waals surface area contributed by atoms with Gasteiger partial charge in [0.05, 0.1) is 62.6 Å². The quantitative estimate of drug-likeness (QED) is 0.00834. The summed E-state index contributed by atoms with van der Waals surface area (Å²) < 4.78 is 28.2. The summed E-state index contributed by atoms with van der Waals surface area (Å²) in [6.45, 7) is 33.9. The zero-order chi connectivity index (χ0) is 81.1. The fourth-order valence-electron chi connectivity index (χ4n) is 11.2. The minimum Gasteiger partial charge on any atom is -0.496 e. The van der Waals surface area contributed by atoms with Crippen LogP contribution in [0.4, 0.5) is 50.3 Å². The van der Waals surface area contributed by atoms with E-state index < -0.39 is 11.2 Å². The third-order valence-electron chi connectivity index (χ3n) is 16.6. The number of allylic oxidation sites excluding steroid dienone is 2. The molecule has 0 atom stereocenters. The third-order valence-corrected chi connectivity index (χ3v) is 17.4. The van der Waals surface area contributed by atoms with Crippen molar-refractivity contribution in [1.82, 2.24) is 60.1 Å². The predicted octanol–water partition coefficient (Wildman–Crippen LogP) is 18.6. The summed E-state index contributed by atoms with van der Waals surface area (Å²) in [5.41, 5.74) is 19.9. The number of hydrogen-bond acceptors (Lipinski definition) is 21. The van der Waals surface area contributed by atoms with Crippen LogP contribution >= 0.6 is 11.8 Å². The summed E-state index contributed by atoms with van der Waals surface area (Å²) >= 11 is 1.45. The molecule has 8 N–H and O–H groups in total. The van der Waals surface area contributed by atoms with Gasteiger partial charge in [-0.05, 0) is 167 Å². The van der Waals surface area contributed by atoms with Crippen molar-refractivity contribution in [3.63, 3.8) is 0 Å². The van der Waals surface area contributed by atoms with Crippen LogP contribution in [0, 0.1) is 30.8 Å². The van der Waals surface area contributed by atoms with Crippen molar-refractivity contribution in [2.24, 2.45) is 0 Å². The average Bonchev–Trinajstić information content (AvgIpc) is 1.70. The van der Waals surface area contributed by atoms with Gasteiger partial charge in [-0.15, -0.1) is 26.7 Å². The number of carbonyl (C=O) groups is 3. The summed E-state index contributed by atoms with van der Waals surface area (Å²) in [7, 11) is 4.84. The van der Waals surface area contributed by atoms with E-state index in [4.69, 9.17) is 54.5 Å². The number of aromatic nitrogens is 10. The Hall–Kier alpha value is -13.7. The van der Waals surface area contributed by atoms with Crippen LogP contribution < -0.4 is 24.8 Å². The van der Waals surface area contributed by atoms with E-state index in [0.29, 0.717) is 91.5 Å². The second-order valence-electron chi connectivity index (χ2n) is 27.2. The number of H-pyrrole nitrogens is 2. The van der Waals surface area contributed by atoms with E-state index in [-0.39, 0.29) is 42.3 Å². The minimum absolute atomic E-state index is 0. The molecule has 28 nitrogen and oxygen atoms in total. The highest BCUT2D eigenvalue weighted by Crippen LogP contribution is 2.35. The Labute approximate surface area is 669 Å². The zero-order valence-electron chi connectivity index (χ0n) is 65.3. The Morgan fingerprint density at radius 3 is 1.27 bits per heavy atom. The second kappa shape index (κ2) is 44.2. The number of aryl methyl sites for hydroxylation is 2. The predicted molar refractivity (Wildman–Crippen MR) is 443 cm³/mol. The van der Waals surface area contributed by atoms with E-state index in [2.05, 4.69) is 124 Å². The maximum absolute atomic E-state index is 13.2. The van der Waals surface area contributed by atoms with Crippen molar-refractivity contribution in [3.8, 4) is 39.8 Å². The van der Waals surface area contributed by atoms with Gasteiger partial charge in [0.25, 0.3) is 17.5 Å². The van der Waals surface area contributed by atoms with Crippen LogP contribution in [-0.4, -0.2) is 135 Å². The smallest absolute Gasteiger partial charge is 0.410 e. The van der Waals surface area contributed by atoms with Gasteiger partial charge in [0.1, 0.15) is 34.6 Å². The molecular weight excluding hydrogens is 1460 g/mol. The molecule has 0 spiro atoms. The lowest BCUT2D eigenvalue weighted by atomic mass is 10.0. The third kappa shape index (κ3) is 28.0. The summed E-state index contributed by atoms with van der Waals surface area (Å²) in [6.07, 6.45) is 17.5. The topological polar surface area (TPSA) is 355 Å². The number of amides is 2. The lowest BCUT2D eigenvalue weighted by Gasteiger charge is -2.27. The van der Waals surface area contributed by atoms with E-state index >= 15 is 0 Å². The van der Waals surface area contributed by atoms with Gasteiger partial charge in [0.15, 0.2) is 41.4 Å². The molecular formula is C85H95N19O9S. The van der Waals surface area contributed by atoms with Crippen molar-refractivity contribution in [2.45, 2.75) is 111 Å². The molecule has 0 saturated carbocycles. The van der Waals surface area contributed by atoms with Gasteiger partial charge in [-0.3, -0.25) is 20.0 Å². The van der Waals surface area contributed by atoms with Crippen molar-refractivity contribution >= 4 is 70.5 Å².